The van der Waals surface area contributed by atoms with Gasteiger partial charge in [0.25, 0.3) is 0 Å². The third kappa shape index (κ3) is 3.37. The number of nitrogens with zero attached hydrogens (tertiary/aromatic N) is 3. The van der Waals surface area contributed by atoms with Crippen molar-refractivity contribution in [3.63, 3.8) is 0 Å². The molecule has 9 heteroatoms. The zero-order chi connectivity index (χ0) is 18.1. The van der Waals surface area contributed by atoms with Gasteiger partial charge in [0, 0.05) is 44.1 Å². The Morgan fingerprint density at radius 1 is 1.38 bits per heavy atom. The van der Waals surface area contributed by atoms with Crippen LogP contribution < -0.4 is 0 Å². The van der Waals surface area contributed by atoms with Gasteiger partial charge in [-0.15, -0.1) is 11.8 Å². The molecule has 0 spiro atoms. The molecule has 0 aromatic carbocycles. The summed E-state index contributed by atoms with van der Waals surface area (Å²) in [5.74, 6) is 2.03. The molecule has 4 heterocycles. The van der Waals surface area contributed by atoms with Crippen LogP contribution in [0.15, 0.2) is 4.52 Å². The molecule has 3 aliphatic heterocycles. The number of hydrogen-bond donors (Lipinski definition) is 1. The van der Waals surface area contributed by atoms with Crippen LogP contribution in [0.5, 0.6) is 0 Å². The molecule has 4 atom stereocenters. The first-order valence-electron chi connectivity index (χ1n) is 9.12. The highest BCUT2D eigenvalue weighted by Crippen LogP contribution is 2.44. The van der Waals surface area contributed by atoms with Gasteiger partial charge >= 0.3 is 0 Å². The van der Waals surface area contributed by atoms with Crippen LogP contribution >= 0.6 is 11.8 Å². The largest absolute Gasteiger partial charge is 0.389 e. The first kappa shape index (κ1) is 18.2. The number of rotatable bonds is 4. The van der Waals surface area contributed by atoms with Crippen LogP contribution in [0.1, 0.15) is 24.6 Å². The molecule has 3 aliphatic rings. The monoisotopic (exact) mass is 383 g/mol. The number of amides is 1. The van der Waals surface area contributed by atoms with E-state index in [0.717, 1.165) is 6.42 Å². The predicted octanol–water partition coefficient (Wildman–Crippen LogP) is 0.626. The van der Waals surface area contributed by atoms with E-state index < -0.39 is 5.60 Å². The smallest absolute Gasteiger partial charge is 0.236 e. The lowest BCUT2D eigenvalue weighted by atomic mass is 9.66. The number of carbonyl (C=O) groups is 1. The molecule has 4 rings (SSSR count). The lowest BCUT2D eigenvalue weighted by Gasteiger charge is -2.57. The number of fused-ring (bicyclic) bond motifs is 3. The van der Waals surface area contributed by atoms with E-state index >= 15 is 0 Å². The Kier molecular flexibility index (Phi) is 5.22. The van der Waals surface area contributed by atoms with Crippen LogP contribution in [-0.2, 0) is 20.0 Å². The summed E-state index contributed by atoms with van der Waals surface area (Å²) >= 11 is 1.48. The molecule has 1 aromatic heterocycles. The van der Waals surface area contributed by atoms with Crippen LogP contribution in [0.25, 0.3) is 0 Å². The fourth-order valence-corrected chi connectivity index (χ4v) is 5.19. The van der Waals surface area contributed by atoms with E-state index in [9.17, 15) is 9.90 Å². The van der Waals surface area contributed by atoms with Crippen molar-refractivity contribution in [1.29, 1.82) is 0 Å². The van der Waals surface area contributed by atoms with E-state index in [2.05, 4.69) is 10.1 Å². The molecule has 3 saturated heterocycles. The Morgan fingerprint density at radius 2 is 2.23 bits per heavy atom. The van der Waals surface area contributed by atoms with Gasteiger partial charge in [-0.1, -0.05) is 5.16 Å². The van der Waals surface area contributed by atoms with Crippen molar-refractivity contribution < 1.29 is 23.9 Å². The predicted molar refractivity (Wildman–Crippen MR) is 93.5 cm³/mol. The molecular formula is C17H25N3O5S. The van der Waals surface area contributed by atoms with Gasteiger partial charge < -0.3 is 24.0 Å². The number of likely N-dealkylation sites (tertiary alicyclic amines) is 1. The first-order valence-corrected chi connectivity index (χ1v) is 10.3. The summed E-state index contributed by atoms with van der Waals surface area (Å²) in [6, 6.07) is 0.0434. The molecule has 0 unspecified atom stereocenters. The van der Waals surface area contributed by atoms with Crippen molar-refractivity contribution in [2.45, 2.75) is 37.2 Å². The molecule has 0 bridgehead atoms. The molecule has 26 heavy (non-hydrogen) atoms. The molecule has 0 aliphatic carbocycles. The Hall–Kier alpha value is -1.16. The topological polar surface area (TPSA) is 97.9 Å². The number of hydrogen-bond acceptors (Lipinski definition) is 8. The summed E-state index contributed by atoms with van der Waals surface area (Å²) in [5, 5.41) is 15.0. The summed E-state index contributed by atoms with van der Waals surface area (Å²) < 4.78 is 16.3. The maximum atomic E-state index is 12.9. The Bertz CT molecular complexity index is 656. The second kappa shape index (κ2) is 7.46. The van der Waals surface area contributed by atoms with E-state index in [1.165, 1.54) is 11.8 Å². The van der Waals surface area contributed by atoms with Crippen LogP contribution in [0.2, 0.25) is 0 Å². The van der Waals surface area contributed by atoms with Crippen molar-refractivity contribution in [2.75, 3.05) is 38.7 Å². The number of piperidine rings is 1. The van der Waals surface area contributed by atoms with E-state index in [-0.39, 0.29) is 23.8 Å². The minimum Gasteiger partial charge on any atom is -0.389 e. The number of aliphatic hydroxyl groups is 1. The van der Waals surface area contributed by atoms with Gasteiger partial charge in [0.05, 0.1) is 30.3 Å². The Balaban J connectivity index is 1.42. The maximum absolute atomic E-state index is 12.9. The molecule has 144 valence electrons. The first-order chi connectivity index (χ1) is 12.6. The SMILES string of the molecule is Cc1noc(CSCC(=O)N2C[C@H]3COCC[C@@]3(O)[C@@H]3COCC[C@@H]32)n1. The van der Waals surface area contributed by atoms with Gasteiger partial charge in [0.15, 0.2) is 5.82 Å². The van der Waals surface area contributed by atoms with E-state index in [1.54, 1.807) is 6.92 Å². The molecule has 0 saturated carbocycles. The van der Waals surface area contributed by atoms with Gasteiger partial charge in [0.2, 0.25) is 11.8 Å². The quantitative estimate of drug-likeness (QED) is 0.808. The molecule has 8 nitrogen and oxygen atoms in total. The molecule has 1 aromatic rings. The number of aryl methyl sites for hydroxylation is 1. The third-order valence-corrected chi connectivity index (χ3v) is 6.70. The fraction of sp³-hybridized carbons (Fsp3) is 0.824. The van der Waals surface area contributed by atoms with Crippen LogP contribution in [0.4, 0.5) is 0 Å². The van der Waals surface area contributed by atoms with Crippen LogP contribution in [0, 0.1) is 18.8 Å². The van der Waals surface area contributed by atoms with Crippen molar-refractivity contribution >= 4 is 17.7 Å². The Labute approximate surface area is 156 Å². The summed E-state index contributed by atoms with van der Waals surface area (Å²) in [6.45, 7) is 4.54. The summed E-state index contributed by atoms with van der Waals surface area (Å²) in [7, 11) is 0. The lowest BCUT2D eigenvalue weighted by Crippen LogP contribution is -2.69. The average Bonchev–Trinajstić information content (AvgIpc) is 3.06. The van der Waals surface area contributed by atoms with Gasteiger partial charge in [-0.2, -0.15) is 4.98 Å². The zero-order valence-corrected chi connectivity index (χ0v) is 15.7. The molecule has 1 amide bonds. The van der Waals surface area contributed by atoms with Crippen molar-refractivity contribution in [2.24, 2.45) is 11.8 Å². The lowest BCUT2D eigenvalue weighted by molar-refractivity contribution is -0.218. The van der Waals surface area contributed by atoms with Crippen molar-refractivity contribution in [1.82, 2.24) is 15.0 Å². The molecular weight excluding hydrogens is 358 g/mol. The number of carbonyl (C=O) groups excluding carboxylic acids is 1. The van der Waals surface area contributed by atoms with Gasteiger partial charge in [-0.05, 0) is 13.3 Å². The normalized spacial score (nSPS) is 34.2. The van der Waals surface area contributed by atoms with E-state index in [4.69, 9.17) is 14.0 Å². The average molecular weight is 383 g/mol. The number of thioether (sulfide) groups is 1. The fourth-order valence-electron chi connectivity index (χ4n) is 4.45. The Morgan fingerprint density at radius 3 is 3.04 bits per heavy atom. The summed E-state index contributed by atoms with van der Waals surface area (Å²) in [5.41, 5.74) is -0.783. The highest BCUT2D eigenvalue weighted by Gasteiger charge is 2.56. The van der Waals surface area contributed by atoms with Gasteiger partial charge in [-0.25, -0.2) is 0 Å². The molecule has 0 radical (unpaired) electrons. The van der Waals surface area contributed by atoms with Crippen molar-refractivity contribution in [3.8, 4) is 0 Å². The third-order valence-electron chi connectivity index (χ3n) is 5.79. The van der Waals surface area contributed by atoms with E-state index in [0.29, 0.717) is 62.6 Å². The van der Waals surface area contributed by atoms with Crippen LogP contribution in [-0.4, -0.2) is 76.4 Å². The second-order valence-corrected chi connectivity index (χ2v) is 8.31. The van der Waals surface area contributed by atoms with Crippen LogP contribution in [0.3, 0.4) is 0 Å². The number of aromatic nitrogens is 2. The maximum Gasteiger partial charge on any atom is 0.236 e. The molecule has 1 N–H and O–H groups in total. The van der Waals surface area contributed by atoms with E-state index in [1.807, 2.05) is 4.90 Å². The van der Waals surface area contributed by atoms with Gasteiger partial charge in [0.1, 0.15) is 0 Å². The minimum absolute atomic E-state index is 0.0357. The summed E-state index contributed by atoms with van der Waals surface area (Å²) in [4.78, 5) is 19.0. The zero-order valence-electron chi connectivity index (χ0n) is 14.9. The molecule has 3 fully saturated rings. The highest BCUT2D eigenvalue weighted by atomic mass is 32.2. The summed E-state index contributed by atoms with van der Waals surface area (Å²) in [6.07, 6.45) is 1.40. The minimum atomic E-state index is -0.783. The highest BCUT2D eigenvalue weighted by molar-refractivity contribution is 7.99. The van der Waals surface area contributed by atoms with Gasteiger partial charge in [-0.3, -0.25) is 4.79 Å². The number of ether oxygens (including phenoxy) is 2. The van der Waals surface area contributed by atoms with Crippen molar-refractivity contribution in [3.05, 3.63) is 11.7 Å². The standard InChI is InChI=1S/C17H25N3O5S/c1-11-18-15(25-19-11)9-26-10-16(21)20-6-12-7-24-5-3-17(12,22)13-8-23-4-2-14(13)20/h12-14,22H,2-10H2,1H3/t12-,13+,14-,17-/m0/s1. The second-order valence-electron chi connectivity index (χ2n) is 7.32.